The number of benzene rings is 12. The number of hydrogen-bond donors (Lipinski definition) is 10. The smallest absolute Gasteiger partial charge is 0.338 e. The summed E-state index contributed by atoms with van der Waals surface area (Å²) in [6.07, 6.45) is 0. The highest BCUT2D eigenvalue weighted by atomic mass is 19.2. The molecule has 0 unspecified atom stereocenters. The van der Waals surface area contributed by atoms with E-state index in [0.29, 0.717) is 0 Å². The molecule has 144 heavy (non-hydrogen) atoms. The largest absolute Gasteiger partial charge is 0.462 e. The monoisotopic (exact) mass is 1960 g/mol. The van der Waals surface area contributed by atoms with Crippen molar-refractivity contribution in [2.24, 2.45) is 0 Å². The Morgan fingerprint density at radius 1 is 0.201 bits per heavy atom. The van der Waals surface area contributed by atoms with Crippen molar-refractivity contribution < 1.29 is 111 Å². The Morgan fingerprint density at radius 2 is 0.361 bits per heavy atom. The number of fused-ring (bicyclic) bond motifs is 20. The molecule has 0 saturated carbocycles. The minimum absolute atomic E-state index is 0.0156. The summed E-state index contributed by atoms with van der Waals surface area (Å²) < 4.78 is 181. The van der Waals surface area contributed by atoms with E-state index in [0.717, 1.165) is 0 Å². The van der Waals surface area contributed by atoms with Crippen molar-refractivity contribution in [2.45, 2.75) is 55.4 Å². The van der Waals surface area contributed by atoms with Crippen molar-refractivity contribution in [3.63, 3.8) is 0 Å². The van der Waals surface area contributed by atoms with Crippen LogP contribution in [0.25, 0.3) is 89.7 Å². The molecule has 0 saturated heterocycles. The number of H-pyrrole nitrogens is 2. The molecule has 0 aliphatic carbocycles. The Balaban J connectivity index is 1.13. The van der Waals surface area contributed by atoms with Crippen molar-refractivity contribution in [1.29, 1.82) is 0 Å². The molecule has 0 atom stereocenters. The van der Waals surface area contributed by atoms with Crippen LogP contribution in [0.5, 0.6) is 0 Å². The Labute approximate surface area is 811 Å². The number of hydrogen-bond acceptors (Lipinski definition) is 30. The van der Waals surface area contributed by atoms with E-state index in [2.05, 4.69) is 62.5 Å². The number of nitrogens with one attached hydrogen (secondary N) is 10. The molecule has 0 radical (unpaired) electrons. The maximum Gasteiger partial charge on any atom is 0.338 e. The molecule has 2 aliphatic rings. The summed E-state index contributed by atoms with van der Waals surface area (Å²) in [5, 5.41) is 25.0. The highest BCUT2D eigenvalue weighted by Crippen LogP contribution is 2.58. The van der Waals surface area contributed by atoms with E-state index < -0.39 is 162 Å². The van der Waals surface area contributed by atoms with E-state index in [1.54, 1.807) is 55.4 Å². The van der Waals surface area contributed by atoms with Gasteiger partial charge in [-0.05, 0) is 250 Å². The average molecular weight is 1960 g/mol. The van der Waals surface area contributed by atoms with Crippen molar-refractivity contribution in [3.05, 3.63) is 285 Å². The fourth-order valence-corrected chi connectivity index (χ4v) is 15.9. The minimum Gasteiger partial charge on any atom is -0.462 e. The summed E-state index contributed by atoms with van der Waals surface area (Å²) in [5.41, 5.74) is -5.69. The second-order valence-electron chi connectivity index (χ2n) is 31.5. The number of ether oxygens (including phenoxy) is 8. The first-order valence-electron chi connectivity index (χ1n) is 45.0. The van der Waals surface area contributed by atoms with Gasteiger partial charge in [0.15, 0.2) is 69.8 Å². The van der Waals surface area contributed by atoms with E-state index in [1.165, 1.54) is 194 Å². The Kier molecular flexibility index (Phi) is 28.2. The molecule has 32 nitrogen and oxygen atoms in total. The zero-order valence-corrected chi connectivity index (χ0v) is 77.4. The van der Waals surface area contributed by atoms with Gasteiger partial charge in [-0.2, -0.15) is 0 Å². The molecule has 2 aliphatic heterocycles. The molecule has 3 aromatic heterocycles. The van der Waals surface area contributed by atoms with Gasteiger partial charge in [0.05, 0.1) is 187 Å². The number of esters is 8. The Bertz CT molecular complexity index is 7870. The summed E-state index contributed by atoms with van der Waals surface area (Å²) in [7, 11) is 0. The van der Waals surface area contributed by atoms with Crippen molar-refractivity contribution in [3.8, 4) is 45.6 Å². The maximum absolute atomic E-state index is 17.9. The van der Waals surface area contributed by atoms with Gasteiger partial charge < -0.3 is 90.4 Å². The Hall–Kier alpha value is -18.4. The van der Waals surface area contributed by atoms with Crippen LogP contribution in [-0.4, -0.2) is 140 Å². The van der Waals surface area contributed by atoms with Crippen LogP contribution >= 0.6 is 0 Å². The summed E-state index contributed by atoms with van der Waals surface area (Å²) in [6, 6.07) is 46.7. The normalized spacial score (nSPS) is 11.2. The lowest BCUT2D eigenvalue weighted by molar-refractivity contribution is 0.0517. The number of rotatable bonds is 32. The van der Waals surface area contributed by atoms with Gasteiger partial charge in [-0.15, -0.1) is 0 Å². The third-order valence-electron chi connectivity index (χ3n) is 22.5. The van der Waals surface area contributed by atoms with Crippen molar-refractivity contribution in [2.75, 3.05) is 95.4 Å². The molecule has 0 spiro atoms. The summed E-state index contributed by atoms with van der Waals surface area (Å²) in [5.74, 6) is -27.9. The van der Waals surface area contributed by atoms with E-state index in [4.69, 9.17) is 57.8 Å². The zero-order chi connectivity index (χ0) is 102. The van der Waals surface area contributed by atoms with Crippen LogP contribution < -0.4 is 42.5 Å². The van der Waals surface area contributed by atoms with Crippen LogP contribution in [-0.2, 0) is 37.9 Å². The lowest BCUT2D eigenvalue weighted by atomic mass is 9.97. The van der Waals surface area contributed by atoms with Gasteiger partial charge >= 0.3 is 47.8 Å². The number of nitrogens with zero attached hydrogens (tertiary/aromatic N) is 6. The first-order chi connectivity index (χ1) is 69.6. The fraction of sp³-hybridized carbons (Fsp3) is 0.154. The number of halogens is 8. The predicted octanol–water partition coefficient (Wildman–Crippen LogP) is 23.3. The van der Waals surface area contributed by atoms with Crippen molar-refractivity contribution in [1.82, 2.24) is 39.9 Å². The SMILES string of the molecule is CCOC(=O)c1ccc(Nc2c(Nc3ccc(C(=O)OCC)cc3)c(Nc3ccc(C(=O)OCC)cc3)c3c(c2Nc2ccc(C(=O)OCC)cc2)-c2nc-3nc3[nH]c(nc4nc(nc5[nH]c(n2)c2c(F)c(F)c(F)c(F)c52)-c2c(F)c(F)c(F)c(F)c2-4)c2c(Nc4ccc(C(=O)OCC)cc4)c(Nc4ccc(C(=O)OCC)cc4)c(Nc4ccc(C(=O)OCC)cc4)c(Nc4ccc(C(=O)OCC)cc4)c32)cc1. The summed E-state index contributed by atoms with van der Waals surface area (Å²) in [6.45, 7) is 12.6. The molecular weight excluding hydrogens is 1880 g/mol. The molecule has 40 heteroatoms. The molecule has 12 aromatic carbocycles. The highest BCUT2D eigenvalue weighted by molar-refractivity contribution is 6.27. The van der Waals surface area contributed by atoms with Crippen molar-refractivity contribution >= 4 is 183 Å². The second kappa shape index (κ2) is 41.7. The number of anilines is 16. The van der Waals surface area contributed by atoms with Crippen LogP contribution in [0, 0.1) is 46.5 Å². The molecule has 10 N–H and O–H groups in total. The quantitative estimate of drug-likeness (QED) is 0.00615. The third kappa shape index (κ3) is 19.4. The van der Waals surface area contributed by atoms with Crippen LogP contribution in [0.15, 0.2) is 194 Å². The lowest BCUT2D eigenvalue weighted by Crippen LogP contribution is -2.10. The molecule has 8 bridgehead atoms. The van der Waals surface area contributed by atoms with Gasteiger partial charge in [-0.3, -0.25) is 0 Å². The first kappa shape index (κ1) is 97.3. The highest BCUT2D eigenvalue weighted by Gasteiger charge is 2.39. The lowest BCUT2D eigenvalue weighted by Gasteiger charge is -2.26. The van der Waals surface area contributed by atoms with Crippen LogP contribution in [0.3, 0.4) is 0 Å². The standard InChI is InChI=1S/C104H82F8N16O16/c1-9-137-97(129)49-17-33-57(34-18-49)113-81-69-71(83(115-59-37-21-51(22-38-59)99(131)139-11-3)87(119-63-45-29-55(30-46-63)103(135)143-15-7)85(81)117-61-41-25-53(26-42-61)101(133)141-13-5)95-126-93(69)124-91-67-65(73(105)77(109)79(111)75(67)107)89(122-91)121-90-66-68(76(108)80(112)78(110)74(66)106)92(123-90)125-94-70-72(96(127-94)128-95)84(116-60-39-23-52(24-40-60)100(132)140-12-4)88(120-64-47-31-56(32-48-64)104(136)144-16-8)86(118-62-43-27-54(28-44-62)102(134)142-14-6)82(70)114-58-35-19-50(20-36-58)98(130)138-10-2/h17-48,113-120H,9-16H2,1-8H3,(H2,121,122,123,124,125,126,127,128). The molecule has 15 aromatic rings. The average Bonchev–Trinajstić information content (AvgIpc) is 1.55. The molecule has 17 rings (SSSR count). The second-order valence-corrected chi connectivity index (χ2v) is 31.5. The van der Waals surface area contributed by atoms with Crippen LogP contribution in [0.4, 0.5) is 126 Å². The molecule has 0 amide bonds. The van der Waals surface area contributed by atoms with Gasteiger partial charge in [0.25, 0.3) is 0 Å². The number of carbonyl (C=O) groups is 8. The Morgan fingerprint density at radius 3 is 0.556 bits per heavy atom. The zero-order valence-electron chi connectivity index (χ0n) is 77.4. The predicted molar refractivity (Wildman–Crippen MR) is 521 cm³/mol. The number of carbonyl (C=O) groups excluding carboxylic acids is 8. The van der Waals surface area contributed by atoms with Gasteiger partial charge in [-0.25, -0.2) is 103 Å². The van der Waals surface area contributed by atoms with Gasteiger partial charge in [-0.1, -0.05) is 0 Å². The van der Waals surface area contributed by atoms with Crippen LogP contribution in [0.1, 0.15) is 138 Å². The van der Waals surface area contributed by atoms with Gasteiger partial charge in [0.2, 0.25) is 0 Å². The molecule has 0 fully saturated rings. The number of aromatic nitrogens is 8. The van der Waals surface area contributed by atoms with E-state index in [1.807, 2.05) is 0 Å². The maximum atomic E-state index is 17.9. The van der Waals surface area contributed by atoms with Crippen LogP contribution in [0.2, 0.25) is 0 Å². The molecule has 730 valence electrons. The topological polar surface area (TPSA) is 416 Å². The first-order valence-corrected chi connectivity index (χ1v) is 45.0. The molecular formula is C104H82F8N16O16. The third-order valence-corrected chi connectivity index (χ3v) is 22.5. The van der Waals surface area contributed by atoms with Gasteiger partial charge in [0, 0.05) is 45.5 Å². The van der Waals surface area contributed by atoms with E-state index in [-0.39, 0.29) is 210 Å². The van der Waals surface area contributed by atoms with E-state index >= 15 is 35.1 Å². The number of aromatic amines is 2. The molecule has 5 heterocycles. The summed E-state index contributed by atoms with van der Waals surface area (Å²) >= 11 is 0. The summed E-state index contributed by atoms with van der Waals surface area (Å²) in [4.78, 5) is 145. The van der Waals surface area contributed by atoms with E-state index in [9.17, 15) is 38.4 Å². The van der Waals surface area contributed by atoms with Gasteiger partial charge in [0.1, 0.15) is 22.6 Å². The fourth-order valence-electron chi connectivity index (χ4n) is 15.9. The minimum atomic E-state index is -2.46.